The molecule has 0 bridgehead atoms. The molecule has 0 fully saturated rings. The van der Waals surface area contributed by atoms with Crippen LogP contribution >= 0.6 is 11.6 Å². The number of nitrogens with zero attached hydrogens (tertiary/aromatic N) is 5. The summed E-state index contributed by atoms with van der Waals surface area (Å²) in [6, 6.07) is 26.2. The van der Waals surface area contributed by atoms with Gasteiger partial charge < -0.3 is 0 Å². The number of rotatable bonds is 6. The predicted octanol–water partition coefficient (Wildman–Crippen LogP) is 4.85. The number of benzene rings is 3. The molecule has 3 aromatic carbocycles. The van der Waals surface area contributed by atoms with Crippen LogP contribution in [0, 0.1) is 6.92 Å². The highest BCUT2D eigenvalue weighted by Crippen LogP contribution is 2.30. The number of aryl methyl sites for hydroxylation is 1. The SMILES string of the molecule is Cc1ccccc1-n1nnnc1[C@@H](c1ccccc1)N(C)Cc1ccccc1Cl. The lowest BCUT2D eigenvalue weighted by atomic mass is 10.0. The average Bonchev–Trinajstić information content (AvgIpc) is 3.20. The van der Waals surface area contributed by atoms with Crippen LogP contribution in [0.3, 0.4) is 0 Å². The van der Waals surface area contributed by atoms with Gasteiger partial charge in [-0.05, 0) is 53.2 Å². The molecular formula is C23H22ClN5. The van der Waals surface area contributed by atoms with Gasteiger partial charge >= 0.3 is 0 Å². The molecule has 4 rings (SSSR count). The van der Waals surface area contributed by atoms with E-state index in [2.05, 4.69) is 52.6 Å². The summed E-state index contributed by atoms with van der Waals surface area (Å²) in [5.74, 6) is 0.764. The molecule has 1 heterocycles. The van der Waals surface area contributed by atoms with Gasteiger partial charge in [0.25, 0.3) is 0 Å². The Balaban J connectivity index is 1.78. The summed E-state index contributed by atoms with van der Waals surface area (Å²) < 4.78 is 1.83. The zero-order valence-electron chi connectivity index (χ0n) is 16.4. The number of para-hydroxylation sites is 1. The van der Waals surface area contributed by atoms with Crippen LogP contribution in [0.1, 0.15) is 28.6 Å². The van der Waals surface area contributed by atoms with Crippen molar-refractivity contribution in [3.05, 3.63) is 106 Å². The van der Waals surface area contributed by atoms with Gasteiger partial charge in [-0.2, -0.15) is 4.68 Å². The standard InChI is InChI=1S/C23H22ClN5/c1-17-10-6-9-15-21(17)29-23(25-26-27-29)22(18-11-4-3-5-12-18)28(2)16-19-13-7-8-14-20(19)24/h3-15,22H,16H2,1-2H3/t22-/m1/s1. The van der Waals surface area contributed by atoms with E-state index >= 15 is 0 Å². The summed E-state index contributed by atoms with van der Waals surface area (Å²) in [4.78, 5) is 2.22. The minimum absolute atomic E-state index is 0.137. The second-order valence-electron chi connectivity index (χ2n) is 7.06. The Morgan fingerprint density at radius 1 is 0.931 bits per heavy atom. The quantitative estimate of drug-likeness (QED) is 0.462. The van der Waals surface area contributed by atoms with Gasteiger partial charge in [-0.25, -0.2) is 0 Å². The normalized spacial score (nSPS) is 12.3. The molecule has 0 radical (unpaired) electrons. The predicted molar refractivity (Wildman–Crippen MR) is 115 cm³/mol. The summed E-state index contributed by atoms with van der Waals surface area (Å²) in [5.41, 5.74) is 4.26. The van der Waals surface area contributed by atoms with E-state index < -0.39 is 0 Å². The van der Waals surface area contributed by atoms with Crippen molar-refractivity contribution in [3.63, 3.8) is 0 Å². The monoisotopic (exact) mass is 403 g/mol. The van der Waals surface area contributed by atoms with Crippen molar-refractivity contribution >= 4 is 11.6 Å². The fourth-order valence-electron chi connectivity index (χ4n) is 3.56. The first-order valence-electron chi connectivity index (χ1n) is 9.48. The van der Waals surface area contributed by atoms with Gasteiger partial charge in [-0.1, -0.05) is 78.3 Å². The van der Waals surface area contributed by atoms with Crippen LogP contribution in [0.25, 0.3) is 5.69 Å². The zero-order valence-corrected chi connectivity index (χ0v) is 17.2. The van der Waals surface area contributed by atoms with Crippen molar-refractivity contribution in [1.29, 1.82) is 0 Å². The van der Waals surface area contributed by atoms with E-state index in [9.17, 15) is 0 Å². The van der Waals surface area contributed by atoms with Crippen LogP contribution < -0.4 is 0 Å². The van der Waals surface area contributed by atoms with Gasteiger partial charge in [0, 0.05) is 11.6 Å². The maximum absolute atomic E-state index is 6.42. The molecule has 0 unspecified atom stereocenters. The summed E-state index contributed by atoms with van der Waals surface area (Å²) in [7, 11) is 2.07. The Kier molecular flexibility index (Phi) is 5.69. The van der Waals surface area contributed by atoms with Crippen molar-refractivity contribution in [2.45, 2.75) is 19.5 Å². The summed E-state index contributed by atoms with van der Waals surface area (Å²) in [5, 5.41) is 13.5. The fraction of sp³-hybridized carbons (Fsp3) is 0.174. The van der Waals surface area contributed by atoms with E-state index in [-0.39, 0.29) is 6.04 Å². The molecule has 0 aliphatic carbocycles. The molecule has 0 saturated carbocycles. The zero-order chi connectivity index (χ0) is 20.2. The van der Waals surface area contributed by atoms with Crippen molar-refractivity contribution < 1.29 is 0 Å². The van der Waals surface area contributed by atoms with Crippen LogP contribution in [0.15, 0.2) is 78.9 Å². The number of halogens is 1. The molecule has 1 atom stereocenters. The van der Waals surface area contributed by atoms with Crippen LogP contribution in [0.4, 0.5) is 0 Å². The molecule has 0 spiro atoms. The minimum Gasteiger partial charge on any atom is -0.288 e. The molecular weight excluding hydrogens is 382 g/mol. The average molecular weight is 404 g/mol. The Morgan fingerprint density at radius 3 is 2.38 bits per heavy atom. The van der Waals surface area contributed by atoms with E-state index in [0.717, 1.165) is 33.2 Å². The Morgan fingerprint density at radius 2 is 1.62 bits per heavy atom. The Labute approximate surface area is 175 Å². The smallest absolute Gasteiger partial charge is 0.178 e. The van der Waals surface area contributed by atoms with E-state index in [4.69, 9.17) is 11.6 Å². The minimum atomic E-state index is -0.137. The van der Waals surface area contributed by atoms with Crippen LogP contribution in [0.5, 0.6) is 0 Å². The van der Waals surface area contributed by atoms with Gasteiger partial charge in [0.15, 0.2) is 5.82 Å². The van der Waals surface area contributed by atoms with Crippen molar-refractivity contribution in [3.8, 4) is 5.69 Å². The number of hydrogen-bond acceptors (Lipinski definition) is 4. The molecule has 0 aliphatic rings. The third kappa shape index (κ3) is 4.06. The lowest BCUT2D eigenvalue weighted by molar-refractivity contribution is 0.258. The molecule has 29 heavy (non-hydrogen) atoms. The maximum Gasteiger partial charge on any atom is 0.178 e. The summed E-state index contributed by atoms with van der Waals surface area (Å²) >= 11 is 6.42. The molecule has 146 valence electrons. The van der Waals surface area contributed by atoms with E-state index in [0.29, 0.717) is 6.54 Å². The van der Waals surface area contributed by atoms with Gasteiger partial charge in [0.05, 0.1) is 11.7 Å². The highest BCUT2D eigenvalue weighted by Gasteiger charge is 2.27. The van der Waals surface area contributed by atoms with Gasteiger partial charge in [0.1, 0.15) is 0 Å². The second-order valence-corrected chi connectivity index (χ2v) is 7.46. The maximum atomic E-state index is 6.42. The Bertz CT molecular complexity index is 1090. The first kappa shape index (κ1) is 19.3. The van der Waals surface area contributed by atoms with Gasteiger partial charge in [-0.3, -0.25) is 4.90 Å². The number of tetrazole rings is 1. The molecule has 4 aromatic rings. The van der Waals surface area contributed by atoms with E-state index in [1.165, 1.54) is 0 Å². The number of aromatic nitrogens is 4. The molecule has 5 nitrogen and oxygen atoms in total. The Hall–Kier alpha value is -3.02. The lowest BCUT2D eigenvalue weighted by Gasteiger charge is -2.28. The third-order valence-corrected chi connectivity index (χ3v) is 5.38. The first-order chi connectivity index (χ1) is 14.1. The highest BCUT2D eigenvalue weighted by atomic mass is 35.5. The van der Waals surface area contributed by atoms with Crippen molar-refractivity contribution in [2.75, 3.05) is 7.05 Å². The molecule has 0 N–H and O–H groups in total. The summed E-state index contributed by atoms with van der Waals surface area (Å²) in [6.45, 7) is 2.73. The van der Waals surface area contributed by atoms with Gasteiger partial charge in [-0.15, -0.1) is 5.10 Å². The van der Waals surface area contributed by atoms with Gasteiger partial charge in [0.2, 0.25) is 0 Å². The van der Waals surface area contributed by atoms with Crippen molar-refractivity contribution in [2.24, 2.45) is 0 Å². The highest BCUT2D eigenvalue weighted by molar-refractivity contribution is 6.31. The molecule has 0 amide bonds. The summed E-state index contributed by atoms with van der Waals surface area (Å²) in [6.07, 6.45) is 0. The molecule has 0 saturated heterocycles. The van der Waals surface area contributed by atoms with E-state index in [1.807, 2.05) is 65.3 Å². The lowest BCUT2D eigenvalue weighted by Crippen LogP contribution is -2.28. The first-order valence-corrected chi connectivity index (χ1v) is 9.86. The topological polar surface area (TPSA) is 46.8 Å². The van der Waals surface area contributed by atoms with Crippen LogP contribution in [0.2, 0.25) is 5.02 Å². The molecule has 1 aromatic heterocycles. The van der Waals surface area contributed by atoms with E-state index in [1.54, 1.807) is 0 Å². The largest absolute Gasteiger partial charge is 0.288 e. The van der Waals surface area contributed by atoms with Crippen LogP contribution in [-0.2, 0) is 6.54 Å². The number of hydrogen-bond donors (Lipinski definition) is 0. The molecule has 0 aliphatic heterocycles. The van der Waals surface area contributed by atoms with Crippen molar-refractivity contribution in [1.82, 2.24) is 25.1 Å². The second kappa shape index (κ2) is 8.55. The van der Waals surface area contributed by atoms with Crippen LogP contribution in [-0.4, -0.2) is 32.2 Å². The fourth-order valence-corrected chi connectivity index (χ4v) is 3.76. The molecule has 6 heteroatoms. The third-order valence-electron chi connectivity index (χ3n) is 5.02.